The van der Waals surface area contributed by atoms with Gasteiger partial charge in [0.05, 0.1) is 25.8 Å². The number of hydrogen-bond acceptors (Lipinski definition) is 6. The van der Waals surface area contributed by atoms with Crippen molar-refractivity contribution in [2.24, 2.45) is 5.41 Å². The largest absolute Gasteiger partial charge is 0.573 e. The number of nitrogens with one attached hydrogen (secondary N) is 1. The number of benzene rings is 3. The van der Waals surface area contributed by atoms with Crippen LogP contribution >= 0.6 is 11.6 Å². The Morgan fingerprint density at radius 1 is 1.05 bits per heavy atom. The van der Waals surface area contributed by atoms with E-state index in [1.165, 1.54) is 30.2 Å². The third kappa shape index (κ3) is 7.02. The highest BCUT2D eigenvalue weighted by Gasteiger charge is 2.45. The summed E-state index contributed by atoms with van der Waals surface area (Å²) in [6.07, 6.45) is -2.87. The Balaban J connectivity index is 1.43. The molecule has 1 amide bonds. The molecule has 2 N–H and O–H groups in total. The second kappa shape index (κ2) is 11.6. The molecule has 5 rings (SSSR count). The summed E-state index contributed by atoms with van der Waals surface area (Å²) in [7, 11) is 1.49. The van der Waals surface area contributed by atoms with Crippen LogP contribution in [0.2, 0.25) is 5.02 Å². The van der Waals surface area contributed by atoms with E-state index in [9.17, 15) is 27.9 Å². The first-order valence-corrected chi connectivity index (χ1v) is 13.6. The van der Waals surface area contributed by atoms with E-state index in [4.69, 9.17) is 21.1 Å². The van der Waals surface area contributed by atoms with Crippen LogP contribution in [0.15, 0.2) is 60.7 Å². The van der Waals surface area contributed by atoms with Gasteiger partial charge in [-0.3, -0.25) is 9.59 Å². The zero-order valence-electron chi connectivity index (χ0n) is 22.5. The number of carbonyl (C=O) groups excluding carboxylic acids is 1. The van der Waals surface area contributed by atoms with Gasteiger partial charge in [-0.25, -0.2) is 0 Å². The van der Waals surface area contributed by atoms with Crippen LogP contribution in [0, 0.1) is 5.41 Å². The molecule has 3 aromatic rings. The van der Waals surface area contributed by atoms with Crippen LogP contribution in [0.1, 0.15) is 36.4 Å². The highest BCUT2D eigenvalue weighted by Crippen LogP contribution is 2.49. The van der Waals surface area contributed by atoms with E-state index in [0.717, 1.165) is 18.4 Å². The number of aliphatic carboxylic acids is 1. The lowest BCUT2D eigenvalue weighted by molar-refractivity contribution is -0.274. The zero-order valence-corrected chi connectivity index (χ0v) is 23.3. The Bertz CT molecular complexity index is 1480. The number of hydrogen-bond donors (Lipinski definition) is 2. The zero-order chi connectivity index (χ0) is 30.1. The number of anilines is 2. The van der Waals surface area contributed by atoms with Crippen LogP contribution in [-0.4, -0.2) is 43.6 Å². The lowest BCUT2D eigenvalue weighted by Crippen LogP contribution is -2.37. The van der Waals surface area contributed by atoms with Crippen LogP contribution in [0.25, 0.3) is 0 Å². The van der Waals surface area contributed by atoms with E-state index in [0.29, 0.717) is 39.9 Å². The Labute approximate surface area is 244 Å². The fraction of sp³-hybridized carbons (Fsp3) is 0.333. The van der Waals surface area contributed by atoms with Crippen molar-refractivity contribution in [1.29, 1.82) is 0 Å². The van der Waals surface area contributed by atoms with E-state index in [1.54, 1.807) is 42.5 Å². The molecule has 0 saturated heterocycles. The first-order valence-electron chi connectivity index (χ1n) is 13.2. The van der Waals surface area contributed by atoms with Crippen molar-refractivity contribution in [1.82, 2.24) is 0 Å². The van der Waals surface area contributed by atoms with Gasteiger partial charge in [-0.2, -0.15) is 0 Å². The van der Waals surface area contributed by atoms with Gasteiger partial charge in [0.1, 0.15) is 23.3 Å². The summed E-state index contributed by atoms with van der Waals surface area (Å²) >= 11 is 6.10. The van der Waals surface area contributed by atoms with Crippen LogP contribution in [-0.2, 0) is 16.0 Å². The van der Waals surface area contributed by atoms with Gasteiger partial charge in [-0.1, -0.05) is 29.8 Å². The van der Waals surface area contributed by atoms with Crippen LogP contribution in [0.5, 0.6) is 17.2 Å². The molecule has 0 aromatic heterocycles. The number of rotatable bonds is 11. The Hall–Kier alpha value is -4.12. The molecule has 1 heterocycles. The van der Waals surface area contributed by atoms with Crippen LogP contribution in [0.4, 0.5) is 24.5 Å². The molecule has 8 nitrogen and oxygen atoms in total. The van der Waals surface area contributed by atoms with Crippen LogP contribution < -0.4 is 24.4 Å². The van der Waals surface area contributed by atoms with E-state index in [-0.39, 0.29) is 19.6 Å². The monoisotopic (exact) mass is 604 g/mol. The smallest absolute Gasteiger partial charge is 0.497 e. The SMILES string of the molecule is COc1cc(NC(C(=O)N2CCc3ccc(OC(F)(F)F)cc32)c2ccc(Cl)cc2)cc(OCC2(CC(=O)O)CC2)c1. The predicted octanol–water partition coefficient (Wildman–Crippen LogP) is 6.62. The fourth-order valence-electron chi connectivity index (χ4n) is 5.01. The van der Waals surface area contributed by atoms with Crippen LogP contribution in [0.3, 0.4) is 0 Å². The van der Waals surface area contributed by atoms with Crippen molar-refractivity contribution in [2.45, 2.75) is 38.1 Å². The molecule has 12 heteroatoms. The number of carboxylic acids is 1. The minimum atomic E-state index is -4.87. The van der Waals surface area contributed by atoms with Crippen molar-refractivity contribution in [2.75, 3.05) is 30.5 Å². The van der Waals surface area contributed by atoms with Crippen molar-refractivity contribution < 1.29 is 42.1 Å². The van der Waals surface area contributed by atoms with Crippen molar-refractivity contribution in [3.8, 4) is 17.2 Å². The van der Waals surface area contributed by atoms with Crippen molar-refractivity contribution in [3.05, 3.63) is 76.8 Å². The second-order valence-corrected chi connectivity index (χ2v) is 10.9. The average Bonchev–Trinajstić information content (AvgIpc) is 3.56. The molecule has 0 spiro atoms. The topological polar surface area (TPSA) is 97.3 Å². The van der Waals surface area contributed by atoms with Gasteiger partial charge < -0.3 is 29.5 Å². The number of amides is 1. The minimum Gasteiger partial charge on any atom is -0.497 e. The lowest BCUT2D eigenvalue weighted by Gasteiger charge is -2.27. The summed E-state index contributed by atoms with van der Waals surface area (Å²) in [6, 6.07) is 14.7. The average molecular weight is 605 g/mol. The molecule has 0 radical (unpaired) electrons. The Morgan fingerprint density at radius 2 is 1.76 bits per heavy atom. The van der Waals surface area contributed by atoms with Gasteiger partial charge >= 0.3 is 12.3 Å². The van der Waals surface area contributed by atoms with Gasteiger partial charge in [-0.05, 0) is 48.6 Å². The number of alkyl halides is 3. The molecule has 1 atom stereocenters. The van der Waals surface area contributed by atoms with Gasteiger partial charge in [0, 0.05) is 46.9 Å². The van der Waals surface area contributed by atoms with Gasteiger partial charge in [0.2, 0.25) is 0 Å². The molecule has 3 aromatic carbocycles. The molecule has 42 heavy (non-hydrogen) atoms. The van der Waals surface area contributed by atoms with Gasteiger partial charge in [-0.15, -0.1) is 13.2 Å². The summed E-state index contributed by atoms with van der Waals surface area (Å²) in [6.45, 7) is 0.492. The summed E-state index contributed by atoms with van der Waals surface area (Å²) in [5, 5.41) is 12.9. The van der Waals surface area contributed by atoms with E-state index in [2.05, 4.69) is 10.1 Å². The number of fused-ring (bicyclic) bond motifs is 1. The molecule has 222 valence electrons. The minimum absolute atomic E-state index is 0.0161. The molecule has 2 aliphatic rings. The number of carbonyl (C=O) groups is 2. The standard InChI is InChI=1S/C30H28ClF3N2O6/c1-40-23-12-21(13-24(14-23)41-17-29(9-10-29)16-26(37)38)35-27(19-2-5-20(31)6-3-19)28(39)36-11-8-18-4-7-22(15-25(18)36)42-30(32,33)34/h2-7,12-15,27,35H,8-11,16-17H2,1H3,(H,37,38). The Morgan fingerprint density at radius 3 is 2.40 bits per heavy atom. The van der Waals surface area contributed by atoms with E-state index >= 15 is 0 Å². The summed E-state index contributed by atoms with van der Waals surface area (Å²) < 4.78 is 54.1. The van der Waals surface area contributed by atoms with Crippen molar-refractivity contribution in [3.63, 3.8) is 0 Å². The maximum Gasteiger partial charge on any atom is 0.573 e. The molecular formula is C30H28ClF3N2O6. The van der Waals surface area contributed by atoms with Crippen molar-refractivity contribution >= 4 is 34.9 Å². The maximum absolute atomic E-state index is 14.1. The first-order chi connectivity index (χ1) is 19.9. The predicted molar refractivity (Wildman–Crippen MR) is 149 cm³/mol. The number of ether oxygens (including phenoxy) is 3. The highest BCUT2D eigenvalue weighted by atomic mass is 35.5. The maximum atomic E-state index is 14.1. The molecule has 1 aliphatic carbocycles. The third-order valence-corrected chi connectivity index (χ3v) is 7.61. The molecular weight excluding hydrogens is 577 g/mol. The number of nitrogens with zero attached hydrogens (tertiary/aromatic N) is 1. The lowest BCUT2D eigenvalue weighted by atomic mass is 10.0. The summed E-state index contributed by atoms with van der Waals surface area (Å²) in [5.74, 6) is -0.821. The van der Waals surface area contributed by atoms with Gasteiger partial charge in [0.15, 0.2) is 0 Å². The quantitative estimate of drug-likeness (QED) is 0.254. The van der Waals surface area contributed by atoms with E-state index in [1.807, 2.05) is 0 Å². The summed E-state index contributed by atoms with van der Waals surface area (Å²) in [4.78, 5) is 26.7. The number of methoxy groups -OCH3 is 1. The third-order valence-electron chi connectivity index (χ3n) is 7.36. The van der Waals surface area contributed by atoms with Gasteiger partial charge in [0.25, 0.3) is 5.91 Å². The molecule has 0 bridgehead atoms. The molecule has 1 fully saturated rings. The fourth-order valence-corrected chi connectivity index (χ4v) is 5.14. The molecule has 1 saturated carbocycles. The Kier molecular flexibility index (Phi) is 8.14. The number of halogens is 4. The molecule has 1 unspecified atom stereocenters. The first kappa shape index (κ1) is 29.4. The molecule has 1 aliphatic heterocycles. The normalized spacial score (nSPS) is 15.9. The second-order valence-electron chi connectivity index (χ2n) is 10.5. The van der Waals surface area contributed by atoms with E-state index < -0.39 is 35.4 Å². The summed E-state index contributed by atoms with van der Waals surface area (Å²) in [5.41, 5.74) is 1.71. The number of carboxylic acid groups (broad SMARTS) is 1. The highest BCUT2D eigenvalue weighted by molar-refractivity contribution is 6.30.